The molecule has 0 aliphatic heterocycles. The van der Waals surface area contributed by atoms with E-state index in [2.05, 4.69) is 4.98 Å². The van der Waals surface area contributed by atoms with E-state index in [0.717, 1.165) is 28.7 Å². The molecule has 2 heterocycles. The van der Waals surface area contributed by atoms with Crippen molar-refractivity contribution in [2.24, 2.45) is 0 Å². The fraction of sp³-hybridized carbons (Fsp3) is 0.0667. The van der Waals surface area contributed by atoms with Gasteiger partial charge >= 0.3 is 0 Å². The number of hydrogen-bond acceptors (Lipinski definition) is 4. The summed E-state index contributed by atoms with van der Waals surface area (Å²) in [6.07, 6.45) is 3.86. The van der Waals surface area contributed by atoms with Crippen LogP contribution < -0.4 is 4.74 Å². The minimum Gasteiger partial charge on any atom is -0.497 e. The van der Waals surface area contributed by atoms with E-state index in [9.17, 15) is 4.79 Å². The Kier molecular flexibility index (Phi) is 2.76. The van der Waals surface area contributed by atoms with Crippen molar-refractivity contribution in [2.45, 2.75) is 0 Å². The number of carbonyl (C=O) groups is 1. The van der Waals surface area contributed by atoms with Crippen molar-refractivity contribution in [3.8, 4) is 17.0 Å². The van der Waals surface area contributed by atoms with Gasteiger partial charge in [-0.3, -0.25) is 9.78 Å². The van der Waals surface area contributed by atoms with Crippen LogP contribution in [0, 0.1) is 0 Å². The van der Waals surface area contributed by atoms with E-state index in [1.54, 1.807) is 13.3 Å². The monoisotopic (exact) mass is 253 g/mol. The first-order valence-electron chi connectivity index (χ1n) is 5.78. The van der Waals surface area contributed by atoms with Gasteiger partial charge in [0.05, 0.1) is 18.4 Å². The third-order valence-electron chi connectivity index (χ3n) is 3.00. The average Bonchev–Trinajstić information content (AvgIpc) is 2.89. The van der Waals surface area contributed by atoms with Gasteiger partial charge in [-0.05, 0) is 24.3 Å². The van der Waals surface area contributed by atoms with Crippen LogP contribution in [0.3, 0.4) is 0 Å². The SMILES string of the molecule is COc1ccc(-c2cc3occ(C=O)c3cn2)cc1. The quantitative estimate of drug-likeness (QED) is 0.672. The van der Waals surface area contributed by atoms with E-state index in [1.807, 2.05) is 30.3 Å². The topological polar surface area (TPSA) is 52.3 Å². The van der Waals surface area contributed by atoms with Gasteiger partial charge in [0.25, 0.3) is 0 Å². The predicted molar refractivity (Wildman–Crippen MR) is 71.4 cm³/mol. The molecule has 0 N–H and O–H groups in total. The second-order valence-electron chi connectivity index (χ2n) is 4.10. The molecule has 3 aromatic rings. The number of ether oxygens (including phenoxy) is 1. The highest BCUT2D eigenvalue weighted by Crippen LogP contribution is 2.26. The molecule has 0 radical (unpaired) electrons. The Bertz CT molecular complexity index is 729. The zero-order valence-electron chi connectivity index (χ0n) is 10.3. The molecule has 0 saturated heterocycles. The zero-order chi connectivity index (χ0) is 13.2. The Morgan fingerprint density at radius 2 is 2.05 bits per heavy atom. The molecule has 0 aliphatic rings. The summed E-state index contributed by atoms with van der Waals surface area (Å²) in [6.45, 7) is 0. The van der Waals surface area contributed by atoms with Crippen molar-refractivity contribution in [1.29, 1.82) is 0 Å². The smallest absolute Gasteiger partial charge is 0.153 e. The average molecular weight is 253 g/mol. The van der Waals surface area contributed by atoms with Crippen molar-refractivity contribution < 1.29 is 13.9 Å². The summed E-state index contributed by atoms with van der Waals surface area (Å²) < 4.78 is 10.5. The molecular weight excluding hydrogens is 242 g/mol. The van der Waals surface area contributed by atoms with Gasteiger partial charge in [0.2, 0.25) is 0 Å². The Morgan fingerprint density at radius 3 is 2.74 bits per heavy atom. The minimum absolute atomic E-state index is 0.517. The number of furan rings is 1. The lowest BCUT2D eigenvalue weighted by atomic mass is 10.1. The van der Waals surface area contributed by atoms with Crippen LogP contribution in [-0.2, 0) is 0 Å². The van der Waals surface area contributed by atoms with Crippen molar-refractivity contribution in [1.82, 2.24) is 4.98 Å². The predicted octanol–water partition coefficient (Wildman–Crippen LogP) is 3.32. The van der Waals surface area contributed by atoms with Crippen LogP contribution in [0.4, 0.5) is 0 Å². The van der Waals surface area contributed by atoms with Crippen LogP contribution >= 0.6 is 0 Å². The first-order valence-corrected chi connectivity index (χ1v) is 5.78. The summed E-state index contributed by atoms with van der Waals surface area (Å²) in [5.74, 6) is 0.797. The summed E-state index contributed by atoms with van der Waals surface area (Å²) in [4.78, 5) is 15.2. The second-order valence-corrected chi connectivity index (χ2v) is 4.10. The zero-order valence-corrected chi connectivity index (χ0v) is 10.3. The van der Waals surface area contributed by atoms with E-state index < -0.39 is 0 Å². The number of carbonyl (C=O) groups excluding carboxylic acids is 1. The standard InChI is InChI=1S/C15H11NO3/c1-18-12-4-2-10(3-5-12)14-6-15-13(7-16-14)11(8-17)9-19-15/h2-9H,1H3. The first-order chi connectivity index (χ1) is 9.31. The highest BCUT2D eigenvalue weighted by Gasteiger charge is 2.08. The number of pyridine rings is 1. The summed E-state index contributed by atoms with van der Waals surface area (Å²) in [7, 11) is 1.63. The van der Waals surface area contributed by atoms with E-state index in [1.165, 1.54) is 6.26 Å². The maximum Gasteiger partial charge on any atom is 0.153 e. The minimum atomic E-state index is 0.517. The third-order valence-corrected chi connectivity index (χ3v) is 3.00. The third kappa shape index (κ3) is 1.97. The van der Waals surface area contributed by atoms with Crippen LogP contribution in [0.15, 0.2) is 47.2 Å². The molecule has 19 heavy (non-hydrogen) atoms. The van der Waals surface area contributed by atoms with Crippen LogP contribution in [0.25, 0.3) is 22.2 Å². The maximum atomic E-state index is 10.8. The molecule has 0 saturated carbocycles. The van der Waals surface area contributed by atoms with Crippen molar-refractivity contribution in [2.75, 3.05) is 7.11 Å². The van der Waals surface area contributed by atoms with E-state index in [4.69, 9.17) is 9.15 Å². The Labute approximate surface area is 109 Å². The van der Waals surface area contributed by atoms with Gasteiger partial charge in [-0.1, -0.05) is 0 Å². The van der Waals surface area contributed by atoms with Crippen molar-refractivity contribution >= 4 is 17.3 Å². The van der Waals surface area contributed by atoms with Crippen LogP contribution in [0.2, 0.25) is 0 Å². The van der Waals surface area contributed by atoms with E-state index in [0.29, 0.717) is 11.1 Å². The van der Waals surface area contributed by atoms with Crippen molar-refractivity contribution in [3.63, 3.8) is 0 Å². The number of aldehydes is 1. The fourth-order valence-electron chi connectivity index (χ4n) is 1.95. The fourth-order valence-corrected chi connectivity index (χ4v) is 1.95. The Balaban J connectivity index is 2.06. The largest absolute Gasteiger partial charge is 0.497 e. The van der Waals surface area contributed by atoms with Gasteiger partial charge in [-0.2, -0.15) is 0 Å². The van der Waals surface area contributed by atoms with E-state index in [-0.39, 0.29) is 0 Å². The molecular formula is C15H11NO3. The van der Waals surface area contributed by atoms with Crippen LogP contribution in [0.1, 0.15) is 10.4 Å². The van der Waals surface area contributed by atoms with Crippen molar-refractivity contribution in [3.05, 3.63) is 48.4 Å². The van der Waals surface area contributed by atoms with Gasteiger partial charge in [0.1, 0.15) is 17.6 Å². The molecule has 0 unspecified atom stereocenters. The van der Waals surface area contributed by atoms with Crippen LogP contribution in [0.5, 0.6) is 5.75 Å². The maximum absolute atomic E-state index is 10.8. The number of aromatic nitrogens is 1. The van der Waals surface area contributed by atoms with Gasteiger partial charge in [0.15, 0.2) is 6.29 Å². The van der Waals surface area contributed by atoms with Gasteiger partial charge in [0, 0.05) is 23.2 Å². The molecule has 2 aromatic heterocycles. The lowest BCUT2D eigenvalue weighted by Gasteiger charge is -2.03. The molecule has 0 amide bonds. The highest BCUT2D eigenvalue weighted by atomic mass is 16.5. The van der Waals surface area contributed by atoms with Gasteiger partial charge in [-0.25, -0.2) is 0 Å². The summed E-state index contributed by atoms with van der Waals surface area (Å²) in [6, 6.07) is 9.43. The lowest BCUT2D eigenvalue weighted by Crippen LogP contribution is -1.85. The molecule has 94 valence electrons. The number of methoxy groups -OCH3 is 1. The number of rotatable bonds is 3. The molecule has 3 rings (SSSR count). The molecule has 0 spiro atoms. The number of nitrogens with zero attached hydrogens (tertiary/aromatic N) is 1. The lowest BCUT2D eigenvalue weighted by molar-refractivity contribution is 0.112. The van der Waals surface area contributed by atoms with Gasteiger partial charge in [-0.15, -0.1) is 0 Å². The molecule has 0 aliphatic carbocycles. The highest BCUT2D eigenvalue weighted by molar-refractivity contribution is 5.96. The molecule has 0 bridgehead atoms. The number of fused-ring (bicyclic) bond motifs is 1. The Hall–Kier alpha value is -2.62. The summed E-state index contributed by atoms with van der Waals surface area (Å²) in [5.41, 5.74) is 2.93. The van der Waals surface area contributed by atoms with Crippen LogP contribution in [-0.4, -0.2) is 18.4 Å². The molecule has 4 nitrogen and oxygen atoms in total. The molecule has 0 fully saturated rings. The molecule has 4 heteroatoms. The molecule has 0 atom stereocenters. The normalized spacial score (nSPS) is 10.6. The summed E-state index contributed by atoms with van der Waals surface area (Å²) >= 11 is 0. The van der Waals surface area contributed by atoms with Gasteiger partial charge < -0.3 is 9.15 Å². The number of hydrogen-bond donors (Lipinski definition) is 0. The first kappa shape index (κ1) is 11.5. The number of benzene rings is 1. The Morgan fingerprint density at radius 1 is 1.26 bits per heavy atom. The van der Waals surface area contributed by atoms with E-state index >= 15 is 0 Å². The second kappa shape index (κ2) is 4.57. The molecule has 1 aromatic carbocycles. The summed E-state index contributed by atoms with van der Waals surface area (Å²) in [5, 5.41) is 0.729.